The molecule has 0 aromatic carbocycles. The molecule has 0 radical (unpaired) electrons. The summed E-state index contributed by atoms with van der Waals surface area (Å²) in [5.74, 6) is -0.0640. The molecule has 2 heteroatoms. The van der Waals surface area contributed by atoms with Gasteiger partial charge in [-0.3, -0.25) is 0 Å². The van der Waals surface area contributed by atoms with E-state index >= 15 is 0 Å². The number of carbonyl (C=O) groups excluding carboxylic acids is 1. The highest BCUT2D eigenvalue weighted by atomic mass is 16.4. The van der Waals surface area contributed by atoms with Crippen molar-refractivity contribution >= 4 is 5.97 Å². The summed E-state index contributed by atoms with van der Waals surface area (Å²) in [4.78, 5) is 11.8. The van der Waals surface area contributed by atoms with Gasteiger partial charge in [0, 0.05) is 11.4 Å². The molecular formula is C20H29O2-. The van der Waals surface area contributed by atoms with E-state index in [1.165, 1.54) is 12.8 Å². The van der Waals surface area contributed by atoms with Crippen LogP contribution in [0.25, 0.3) is 0 Å². The van der Waals surface area contributed by atoms with Crippen molar-refractivity contribution in [2.24, 2.45) is 28.1 Å². The summed E-state index contributed by atoms with van der Waals surface area (Å²) >= 11 is 0. The van der Waals surface area contributed by atoms with Gasteiger partial charge in [-0.1, -0.05) is 44.9 Å². The standard InChI is InChI=1S/C20H30O2/c1-5-18(2)12-9-15-14(13-18)7-8-16-19(15,3)10-6-11-20(16,4)17(21)22/h5,7,15-16H,1,6,8-13H2,2-4H3,(H,21,22)/p-1/t15-,16+,18-,19+,20+/m0/s1. The molecule has 0 saturated heterocycles. The molecule has 0 amide bonds. The molecule has 2 saturated carbocycles. The molecule has 0 aromatic heterocycles. The van der Waals surface area contributed by atoms with Crippen LogP contribution < -0.4 is 5.11 Å². The van der Waals surface area contributed by atoms with Gasteiger partial charge in [-0.05, 0) is 61.2 Å². The van der Waals surface area contributed by atoms with E-state index in [1.807, 2.05) is 6.92 Å². The molecule has 2 fully saturated rings. The van der Waals surface area contributed by atoms with Crippen molar-refractivity contribution in [2.45, 2.75) is 65.7 Å². The topological polar surface area (TPSA) is 40.1 Å². The van der Waals surface area contributed by atoms with E-state index in [0.29, 0.717) is 5.92 Å². The molecule has 0 aromatic rings. The molecule has 0 spiro atoms. The number of carboxylic acid groups (broad SMARTS) is 1. The second-order valence-electron chi connectivity index (χ2n) is 8.76. The van der Waals surface area contributed by atoms with Crippen LogP contribution in [0.1, 0.15) is 65.7 Å². The van der Waals surface area contributed by atoms with Crippen molar-refractivity contribution in [1.82, 2.24) is 0 Å². The summed E-state index contributed by atoms with van der Waals surface area (Å²) < 4.78 is 0. The molecule has 122 valence electrons. The Labute approximate surface area is 134 Å². The Hall–Kier alpha value is -1.05. The molecule has 0 aliphatic heterocycles. The zero-order valence-corrected chi connectivity index (χ0v) is 14.3. The summed E-state index contributed by atoms with van der Waals surface area (Å²) in [7, 11) is 0. The molecule has 3 aliphatic rings. The van der Waals surface area contributed by atoms with Gasteiger partial charge in [-0.15, -0.1) is 6.58 Å². The van der Waals surface area contributed by atoms with Crippen molar-refractivity contribution in [1.29, 1.82) is 0 Å². The van der Waals surface area contributed by atoms with Gasteiger partial charge in [-0.25, -0.2) is 0 Å². The first-order valence-electron chi connectivity index (χ1n) is 8.79. The van der Waals surface area contributed by atoms with Crippen LogP contribution in [0.5, 0.6) is 0 Å². The van der Waals surface area contributed by atoms with Crippen LogP contribution in [0, 0.1) is 28.1 Å². The fourth-order valence-electron chi connectivity index (χ4n) is 5.85. The highest BCUT2D eigenvalue weighted by Gasteiger charge is 2.55. The predicted molar refractivity (Wildman–Crippen MR) is 86.9 cm³/mol. The molecule has 3 rings (SSSR count). The maximum atomic E-state index is 11.8. The first kappa shape index (κ1) is 15.8. The number of allylic oxidation sites excluding steroid dienone is 3. The van der Waals surface area contributed by atoms with Crippen molar-refractivity contribution in [3.63, 3.8) is 0 Å². The fraction of sp³-hybridized carbons (Fsp3) is 0.750. The number of aliphatic carboxylic acids is 1. The third kappa shape index (κ3) is 2.10. The molecule has 5 atom stereocenters. The van der Waals surface area contributed by atoms with Crippen LogP contribution >= 0.6 is 0 Å². The lowest BCUT2D eigenvalue weighted by Crippen LogP contribution is -2.56. The minimum Gasteiger partial charge on any atom is -0.550 e. The Kier molecular flexibility index (Phi) is 3.58. The zero-order chi connectivity index (χ0) is 16.2. The highest BCUT2D eigenvalue weighted by Crippen LogP contribution is 2.63. The third-order valence-electron chi connectivity index (χ3n) is 7.41. The van der Waals surface area contributed by atoms with Gasteiger partial charge in [-0.2, -0.15) is 0 Å². The number of carboxylic acids is 1. The van der Waals surface area contributed by atoms with Gasteiger partial charge in [0.1, 0.15) is 0 Å². The van der Waals surface area contributed by atoms with E-state index in [-0.39, 0.29) is 16.7 Å². The van der Waals surface area contributed by atoms with Gasteiger partial charge < -0.3 is 9.90 Å². The lowest BCUT2D eigenvalue weighted by atomic mass is 9.45. The SMILES string of the molecule is C=C[C@@]1(C)CC[C@H]2C(=CC[C@@H]3[C@]2(C)CCC[C@@]3(C)C(=O)[O-])C1. The second kappa shape index (κ2) is 4.97. The lowest BCUT2D eigenvalue weighted by molar-refractivity contribution is -0.326. The number of rotatable bonds is 2. The lowest BCUT2D eigenvalue weighted by Gasteiger charge is -2.60. The molecule has 0 heterocycles. The quantitative estimate of drug-likeness (QED) is 0.726. The molecule has 0 bridgehead atoms. The monoisotopic (exact) mass is 301 g/mol. The maximum absolute atomic E-state index is 11.8. The summed E-state index contributed by atoms with van der Waals surface area (Å²) in [6.45, 7) is 10.6. The number of hydrogen-bond acceptors (Lipinski definition) is 2. The van der Waals surface area contributed by atoms with E-state index in [2.05, 4.69) is 32.6 Å². The number of carbonyl (C=O) groups is 1. The van der Waals surface area contributed by atoms with Gasteiger partial charge in [0.05, 0.1) is 0 Å². The second-order valence-corrected chi connectivity index (χ2v) is 8.76. The van der Waals surface area contributed by atoms with E-state index in [0.717, 1.165) is 32.1 Å². The molecule has 0 unspecified atom stereocenters. The average molecular weight is 301 g/mol. The van der Waals surface area contributed by atoms with Gasteiger partial charge >= 0.3 is 0 Å². The van der Waals surface area contributed by atoms with Gasteiger partial charge in [0.25, 0.3) is 0 Å². The Bertz CT molecular complexity index is 534. The maximum Gasteiger partial charge on any atom is 0.0476 e. The van der Waals surface area contributed by atoms with Crippen LogP contribution in [0.2, 0.25) is 0 Å². The highest BCUT2D eigenvalue weighted by molar-refractivity contribution is 5.73. The fourth-order valence-corrected chi connectivity index (χ4v) is 5.85. The van der Waals surface area contributed by atoms with Gasteiger partial charge in [0.15, 0.2) is 0 Å². The summed E-state index contributed by atoms with van der Waals surface area (Å²) in [6, 6.07) is 0. The molecule has 3 aliphatic carbocycles. The first-order valence-corrected chi connectivity index (χ1v) is 8.79. The molecule has 22 heavy (non-hydrogen) atoms. The minimum absolute atomic E-state index is 0.125. The van der Waals surface area contributed by atoms with Crippen LogP contribution in [-0.2, 0) is 4.79 Å². The number of hydrogen-bond donors (Lipinski definition) is 0. The van der Waals surface area contributed by atoms with E-state index in [9.17, 15) is 9.90 Å². The van der Waals surface area contributed by atoms with E-state index in [1.54, 1.807) is 5.57 Å². The zero-order valence-electron chi connectivity index (χ0n) is 14.3. The normalized spacial score (nSPS) is 47.9. The van der Waals surface area contributed by atoms with Gasteiger partial charge in [0.2, 0.25) is 0 Å². The average Bonchev–Trinajstić information content (AvgIpc) is 2.46. The summed E-state index contributed by atoms with van der Waals surface area (Å²) in [6.07, 6.45) is 11.8. The van der Waals surface area contributed by atoms with Crippen molar-refractivity contribution in [3.05, 3.63) is 24.3 Å². The van der Waals surface area contributed by atoms with E-state index < -0.39 is 11.4 Å². The van der Waals surface area contributed by atoms with Crippen molar-refractivity contribution < 1.29 is 9.90 Å². The van der Waals surface area contributed by atoms with Crippen LogP contribution in [0.4, 0.5) is 0 Å². The van der Waals surface area contributed by atoms with Crippen molar-refractivity contribution in [2.75, 3.05) is 0 Å². The van der Waals surface area contributed by atoms with Crippen LogP contribution in [0.15, 0.2) is 24.3 Å². The first-order chi connectivity index (χ1) is 10.3. The van der Waals surface area contributed by atoms with Crippen molar-refractivity contribution in [3.8, 4) is 0 Å². The molecule has 2 nitrogen and oxygen atoms in total. The Balaban J connectivity index is 1.98. The number of fused-ring (bicyclic) bond motifs is 3. The largest absolute Gasteiger partial charge is 0.550 e. The summed E-state index contributed by atoms with van der Waals surface area (Å²) in [5, 5.41) is 11.8. The molecule has 0 N–H and O–H groups in total. The van der Waals surface area contributed by atoms with Crippen LogP contribution in [0.3, 0.4) is 0 Å². The Morgan fingerprint density at radius 3 is 2.68 bits per heavy atom. The Morgan fingerprint density at radius 2 is 2.05 bits per heavy atom. The minimum atomic E-state index is -0.841. The van der Waals surface area contributed by atoms with Crippen LogP contribution in [-0.4, -0.2) is 5.97 Å². The predicted octanol–water partition coefficient (Wildman–Crippen LogP) is 3.87. The Morgan fingerprint density at radius 1 is 1.32 bits per heavy atom. The smallest absolute Gasteiger partial charge is 0.0476 e. The summed E-state index contributed by atoms with van der Waals surface area (Å²) in [5.41, 5.74) is 1.25. The van der Waals surface area contributed by atoms with E-state index in [4.69, 9.17) is 0 Å². The molecular weight excluding hydrogens is 272 g/mol. The third-order valence-corrected chi connectivity index (χ3v) is 7.41.